The number of Topliss-reactive ketones (excluding diaryl/α,β-unsaturated/α-hetero) is 1. The summed E-state index contributed by atoms with van der Waals surface area (Å²) in [5.74, 6) is -0.534. The van der Waals surface area contributed by atoms with Gasteiger partial charge in [-0.1, -0.05) is 24.3 Å². The van der Waals surface area contributed by atoms with Crippen LogP contribution in [-0.2, 0) is 16.0 Å². The maximum absolute atomic E-state index is 13.1. The summed E-state index contributed by atoms with van der Waals surface area (Å²) >= 11 is 0. The molecule has 6 heteroatoms. The van der Waals surface area contributed by atoms with Crippen LogP contribution in [0.3, 0.4) is 0 Å². The Morgan fingerprint density at radius 3 is 2.71 bits per heavy atom. The van der Waals surface area contributed by atoms with Gasteiger partial charge >= 0.3 is 0 Å². The van der Waals surface area contributed by atoms with Crippen molar-refractivity contribution in [3.05, 3.63) is 70.3 Å². The van der Waals surface area contributed by atoms with Crippen LogP contribution in [-0.4, -0.2) is 60.4 Å². The first-order chi connectivity index (χ1) is 14.9. The minimum absolute atomic E-state index is 0.132. The number of fused-ring (bicyclic) bond motifs is 1. The van der Waals surface area contributed by atoms with Crippen molar-refractivity contribution in [3.8, 4) is 5.75 Å². The van der Waals surface area contributed by atoms with Gasteiger partial charge in [-0.05, 0) is 68.8 Å². The summed E-state index contributed by atoms with van der Waals surface area (Å²) in [6.45, 7) is 3.65. The molecule has 162 valence electrons. The molecule has 1 atom stereocenters. The number of rotatable bonds is 5. The molecule has 2 aliphatic heterocycles. The molecule has 2 aliphatic rings. The van der Waals surface area contributed by atoms with Crippen LogP contribution in [0.4, 0.5) is 0 Å². The van der Waals surface area contributed by atoms with Gasteiger partial charge in [-0.25, -0.2) is 0 Å². The number of carbonyl (C=O) groups excluding carboxylic acids is 2. The van der Waals surface area contributed by atoms with Crippen LogP contribution in [0.25, 0.3) is 5.76 Å². The van der Waals surface area contributed by atoms with Gasteiger partial charge in [0.15, 0.2) is 0 Å². The highest BCUT2D eigenvalue weighted by Gasteiger charge is 2.46. The molecule has 2 aromatic carbocycles. The Labute approximate surface area is 182 Å². The number of amides is 1. The van der Waals surface area contributed by atoms with Crippen LogP contribution in [0.2, 0.25) is 0 Å². The summed E-state index contributed by atoms with van der Waals surface area (Å²) in [7, 11) is 3.85. The minimum Gasteiger partial charge on any atom is -0.507 e. The SMILES string of the molecule is Cc1ccccc1C1/C(=C(\O)c2ccc3c(c2)CCCO3)C(=O)C(=O)N1CCN(C)C. The van der Waals surface area contributed by atoms with Gasteiger partial charge in [-0.2, -0.15) is 0 Å². The number of hydrogen-bond acceptors (Lipinski definition) is 5. The zero-order chi connectivity index (χ0) is 22.1. The van der Waals surface area contributed by atoms with E-state index in [0.29, 0.717) is 25.3 Å². The second-order valence-corrected chi connectivity index (χ2v) is 8.43. The molecule has 1 fully saturated rings. The predicted octanol–water partition coefficient (Wildman–Crippen LogP) is 3.30. The average Bonchev–Trinajstić information content (AvgIpc) is 3.01. The number of nitrogens with zero attached hydrogens (tertiary/aromatic N) is 2. The Morgan fingerprint density at radius 1 is 1.19 bits per heavy atom. The fourth-order valence-corrected chi connectivity index (χ4v) is 4.30. The number of aliphatic hydroxyl groups is 1. The van der Waals surface area contributed by atoms with Crippen molar-refractivity contribution in [3.63, 3.8) is 0 Å². The third kappa shape index (κ3) is 3.95. The number of ketones is 1. The zero-order valence-corrected chi connectivity index (χ0v) is 18.2. The van der Waals surface area contributed by atoms with E-state index in [0.717, 1.165) is 35.3 Å². The Morgan fingerprint density at radius 2 is 1.97 bits per heavy atom. The summed E-state index contributed by atoms with van der Waals surface area (Å²) in [6.07, 6.45) is 1.77. The molecular weight excluding hydrogens is 392 g/mol. The van der Waals surface area contributed by atoms with E-state index in [-0.39, 0.29) is 11.3 Å². The molecule has 0 spiro atoms. The number of aliphatic hydroxyl groups excluding tert-OH is 1. The van der Waals surface area contributed by atoms with Crippen LogP contribution in [0.15, 0.2) is 48.0 Å². The van der Waals surface area contributed by atoms with Crippen molar-refractivity contribution in [1.29, 1.82) is 0 Å². The molecule has 2 heterocycles. The van der Waals surface area contributed by atoms with E-state index in [9.17, 15) is 14.7 Å². The topological polar surface area (TPSA) is 70.1 Å². The third-order valence-corrected chi connectivity index (χ3v) is 5.99. The number of ether oxygens (including phenoxy) is 1. The van der Waals surface area contributed by atoms with E-state index >= 15 is 0 Å². The van der Waals surface area contributed by atoms with Crippen LogP contribution >= 0.6 is 0 Å². The lowest BCUT2D eigenvalue weighted by molar-refractivity contribution is -0.140. The van der Waals surface area contributed by atoms with E-state index in [4.69, 9.17) is 4.74 Å². The Bertz CT molecular complexity index is 1060. The molecule has 1 N–H and O–H groups in total. The normalized spacial score (nSPS) is 20.1. The van der Waals surface area contributed by atoms with Crippen LogP contribution < -0.4 is 4.74 Å². The van der Waals surface area contributed by atoms with Crippen LogP contribution in [0.5, 0.6) is 5.75 Å². The highest BCUT2D eigenvalue weighted by Crippen LogP contribution is 2.41. The highest BCUT2D eigenvalue weighted by molar-refractivity contribution is 6.46. The van der Waals surface area contributed by atoms with Gasteiger partial charge in [-0.3, -0.25) is 9.59 Å². The van der Waals surface area contributed by atoms with Gasteiger partial charge in [0.25, 0.3) is 11.7 Å². The molecule has 0 bridgehead atoms. The van der Waals surface area contributed by atoms with Crippen molar-refractivity contribution in [2.75, 3.05) is 33.8 Å². The molecule has 31 heavy (non-hydrogen) atoms. The first-order valence-electron chi connectivity index (χ1n) is 10.6. The zero-order valence-electron chi connectivity index (χ0n) is 18.2. The fourth-order valence-electron chi connectivity index (χ4n) is 4.30. The van der Waals surface area contributed by atoms with Crippen molar-refractivity contribution < 1.29 is 19.4 Å². The van der Waals surface area contributed by atoms with E-state index in [2.05, 4.69) is 0 Å². The maximum atomic E-state index is 13.1. The first kappa shape index (κ1) is 21.1. The Kier molecular flexibility index (Phi) is 5.83. The molecule has 1 unspecified atom stereocenters. The summed E-state index contributed by atoms with van der Waals surface area (Å²) in [4.78, 5) is 29.6. The van der Waals surface area contributed by atoms with Crippen molar-refractivity contribution in [2.45, 2.75) is 25.8 Å². The van der Waals surface area contributed by atoms with Gasteiger partial charge in [0.2, 0.25) is 0 Å². The van der Waals surface area contributed by atoms with E-state index in [1.54, 1.807) is 11.0 Å². The lowest BCUT2D eigenvalue weighted by Crippen LogP contribution is -2.35. The average molecular weight is 421 g/mol. The van der Waals surface area contributed by atoms with E-state index in [1.165, 1.54) is 0 Å². The molecule has 4 rings (SSSR count). The molecular formula is C25H28N2O4. The first-order valence-corrected chi connectivity index (χ1v) is 10.6. The van der Waals surface area contributed by atoms with Gasteiger partial charge in [0, 0.05) is 18.7 Å². The van der Waals surface area contributed by atoms with Crippen molar-refractivity contribution in [1.82, 2.24) is 9.80 Å². The predicted molar refractivity (Wildman–Crippen MR) is 119 cm³/mol. The van der Waals surface area contributed by atoms with Crippen molar-refractivity contribution >= 4 is 17.4 Å². The molecule has 0 saturated carbocycles. The third-order valence-electron chi connectivity index (χ3n) is 5.99. The summed E-state index contributed by atoms with van der Waals surface area (Å²) < 4.78 is 5.67. The maximum Gasteiger partial charge on any atom is 0.295 e. The van der Waals surface area contributed by atoms with Gasteiger partial charge < -0.3 is 19.6 Å². The number of likely N-dealkylation sites (tertiary alicyclic amines) is 1. The summed E-state index contributed by atoms with van der Waals surface area (Å²) in [6, 6.07) is 12.5. The van der Waals surface area contributed by atoms with E-state index in [1.807, 2.05) is 62.3 Å². The molecule has 2 aromatic rings. The number of benzene rings is 2. The Balaban J connectivity index is 1.84. The summed E-state index contributed by atoms with van der Waals surface area (Å²) in [5, 5.41) is 11.3. The molecule has 0 aromatic heterocycles. The smallest absolute Gasteiger partial charge is 0.295 e. The molecule has 1 saturated heterocycles. The highest BCUT2D eigenvalue weighted by atomic mass is 16.5. The number of likely N-dealkylation sites (N-methyl/N-ethyl adjacent to an activating group) is 1. The van der Waals surface area contributed by atoms with Crippen LogP contribution in [0.1, 0.15) is 34.7 Å². The number of hydrogen-bond donors (Lipinski definition) is 1. The minimum atomic E-state index is -0.640. The van der Waals surface area contributed by atoms with Crippen LogP contribution in [0, 0.1) is 6.92 Å². The van der Waals surface area contributed by atoms with Crippen molar-refractivity contribution in [2.24, 2.45) is 0 Å². The molecule has 1 amide bonds. The lowest BCUT2D eigenvalue weighted by Gasteiger charge is -2.27. The quantitative estimate of drug-likeness (QED) is 0.457. The molecule has 6 nitrogen and oxygen atoms in total. The fraction of sp³-hybridized carbons (Fsp3) is 0.360. The number of carbonyl (C=O) groups is 2. The molecule has 0 radical (unpaired) electrons. The van der Waals surface area contributed by atoms with Gasteiger partial charge in [-0.15, -0.1) is 0 Å². The Hall–Kier alpha value is -3.12. The largest absolute Gasteiger partial charge is 0.507 e. The monoisotopic (exact) mass is 420 g/mol. The van der Waals surface area contributed by atoms with Gasteiger partial charge in [0.1, 0.15) is 11.5 Å². The summed E-state index contributed by atoms with van der Waals surface area (Å²) in [5.41, 5.74) is 3.50. The second-order valence-electron chi connectivity index (χ2n) is 8.43. The lowest BCUT2D eigenvalue weighted by atomic mass is 9.92. The molecule has 0 aliphatic carbocycles. The second kappa shape index (κ2) is 8.55. The van der Waals surface area contributed by atoms with E-state index < -0.39 is 17.7 Å². The number of aryl methyl sites for hydroxylation is 2. The standard InChI is InChI=1S/C25H28N2O4/c1-16-7-4-5-9-19(16)22-21(24(29)25(30)27(22)13-12-26(2)3)23(28)18-10-11-20-17(15-18)8-6-14-31-20/h4-5,7,9-11,15,22,28H,6,8,12-14H2,1-3H3/b23-21+. The van der Waals surface area contributed by atoms with Gasteiger partial charge in [0.05, 0.1) is 18.2 Å².